The van der Waals surface area contributed by atoms with Gasteiger partial charge in [0.15, 0.2) is 11.6 Å². The first-order valence-corrected chi connectivity index (χ1v) is 18.5. The summed E-state index contributed by atoms with van der Waals surface area (Å²) >= 11 is 0. The Labute approximate surface area is 307 Å². The zero-order chi connectivity index (χ0) is 36.4. The molecule has 0 unspecified atom stereocenters. The molecule has 7 nitrogen and oxygen atoms in total. The predicted molar refractivity (Wildman–Crippen MR) is 209 cm³/mol. The van der Waals surface area contributed by atoms with Crippen LogP contribution in [-0.4, -0.2) is 29.6 Å². The fourth-order valence-corrected chi connectivity index (χ4v) is 8.06. The van der Waals surface area contributed by atoms with Crippen molar-refractivity contribution >= 4 is 68.0 Å². The van der Waals surface area contributed by atoms with Gasteiger partial charge in [0, 0.05) is 68.6 Å². The molecule has 1 N–H and O–H groups in total. The summed E-state index contributed by atoms with van der Waals surface area (Å²) < 4.78 is 0. The van der Waals surface area contributed by atoms with Crippen molar-refractivity contribution in [3.63, 3.8) is 0 Å². The Morgan fingerprint density at radius 3 is 1.40 bits per heavy atom. The number of fused-ring (bicyclic) bond motifs is 5. The molecule has 2 aliphatic heterocycles. The van der Waals surface area contributed by atoms with Crippen molar-refractivity contribution in [2.24, 2.45) is 0 Å². The van der Waals surface area contributed by atoms with Crippen molar-refractivity contribution in [1.82, 2.24) is 4.98 Å². The van der Waals surface area contributed by atoms with E-state index in [0.29, 0.717) is 35.6 Å². The smallest absolute Gasteiger partial charge is 0.194 e. The van der Waals surface area contributed by atoms with Gasteiger partial charge in [-0.25, -0.2) is 0 Å². The standard InChI is InChI=1S/C46H39N3O4/c1-3-5-23-48-35-13-9-7-11-27(35)17-21-37(48)41-43(50)39(44(41)51)29-15-19-33-31(25-29)32-26-30(16-20-34(32)47-33)40-45(52)42(46(40)53)38-22-18-28-12-8-10-14-36(28)49(38)24-6-4-2/h7-22,25-26,47,50,52H,3-6,23-24H2,1-2H3/p-2. The van der Waals surface area contributed by atoms with Crippen molar-refractivity contribution in [1.29, 1.82) is 0 Å². The van der Waals surface area contributed by atoms with E-state index >= 15 is 0 Å². The van der Waals surface area contributed by atoms with Crippen molar-refractivity contribution in [2.45, 2.75) is 39.5 Å². The van der Waals surface area contributed by atoms with Crippen molar-refractivity contribution in [3.8, 4) is 0 Å². The minimum absolute atomic E-state index is 0.173. The van der Waals surface area contributed by atoms with Crippen LogP contribution < -0.4 is 20.0 Å². The van der Waals surface area contributed by atoms with Crippen LogP contribution in [0, 0.1) is 0 Å². The number of carbonyl (C=O) groups excluding carboxylic acids is 2. The Bertz CT molecular complexity index is 2430. The van der Waals surface area contributed by atoms with E-state index in [1.807, 2.05) is 97.1 Å². The lowest BCUT2D eigenvalue weighted by Crippen LogP contribution is -2.35. The Morgan fingerprint density at radius 2 is 0.981 bits per heavy atom. The Balaban J connectivity index is 1.09. The minimum atomic E-state index is -0.260. The number of unbranched alkanes of at least 4 members (excludes halogenated alkanes) is 2. The highest BCUT2D eigenvalue weighted by Gasteiger charge is 2.35. The topological polar surface area (TPSA) is 103 Å². The number of benzene rings is 4. The fourth-order valence-electron chi connectivity index (χ4n) is 8.06. The Kier molecular flexibility index (Phi) is 7.81. The summed E-state index contributed by atoms with van der Waals surface area (Å²) in [5, 5.41) is 29.3. The number of carbonyl (C=O) groups is 2. The van der Waals surface area contributed by atoms with E-state index in [9.17, 15) is 19.8 Å². The highest BCUT2D eigenvalue weighted by Crippen LogP contribution is 2.44. The average molecular weight is 696 g/mol. The largest absolute Gasteiger partial charge is 0.871 e. The molecular weight excluding hydrogens is 659 g/mol. The van der Waals surface area contributed by atoms with E-state index in [4.69, 9.17) is 0 Å². The molecule has 0 bridgehead atoms. The second-order valence-electron chi connectivity index (χ2n) is 14.0. The van der Waals surface area contributed by atoms with Gasteiger partial charge in [-0.3, -0.25) is 9.59 Å². The van der Waals surface area contributed by atoms with Gasteiger partial charge >= 0.3 is 0 Å². The number of anilines is 2. The number of nitrogens with zero attached hydrogens (tertiary/aromatic N) is 2. The van der Waals surface area contributed by atoms with Gasteiger partial charge in [0.1, 0.15) is 0 Å². The number of Topliss-reactive ketones (excluding diaryl/α,β-unsaturated/α-hetero) is 2. The van der Waals surface area contributed by atoms with Crippen LogP contribution in [-0.2, 0) is 9.59 Å². The number of hydrogen-bond donors (Lipinski definition) is 1. The quantitative estimate of drug-likeness (QED) is 0.166. The summed E-state index contributed by atoms with van der Waals surface area (Å²) in [6.45, 7) is 5.67. The molecule has 3 heterocycles. The zero-order valence-corrected chi connectivity index (χ0v) is 29.7. The SMILES string of the molecule is CCCCN1C(=C2C(=O)C(c3ccc4[nH]c5ccc(C6=C([O-])C(=C7C=Cc8ccccc8N7CCCC)C6=O)cc5c4c3)=C2[O-])C=Cc2ccccc21. The molecule has 0 atom stereocenters. The number of aromatic amines is 1. The van der Waals surface area contributed by atoms with E-state index in [-0.39, 0.29) is 45.4 Å². The molecule has 0 amide bonds. The lowest BCUT2D eigenvalue weighted by atomic mass is 9.80. The van der Waals surface area contributed by atoms with E-state index in [1.165, 1.54) is 0 Å². The van der Waals surface area contributed by atoms with E-state index in [0.717, 1.165) is 70.0 Å². The number of H-pyrrole nitrogens is 1. The number of aromatic nitrogens is 1. The Hall–Kier alpha value is -6.34. The number of rotatable bonds is 8. The van der Waals surface area contributed by atoms with Gasteiger partial charge in [-0.1, -0.05) is 98.9 Å². The van der Waals surface area contributed by atoms with Gasteiger partial charge in [-0.2, -0.15) is 0 Å². The molecule has 7 heteroatoms. The molecule has 1 aromatic heterocycles. The third-order valence-electron chi connectivity index (χ3n) is 10.9. The molecule has 0 fully saturated rings. The van der Waals surface area contributed by atoms with Gasteiger partial charge in [0.05, 0.1) is 11.4 Å². The van der Waals surface area contributed by atoms with Crippen LogP contribution in [0.25, 0.3) is 45.1 Å². The second-order valence-corrected chi connectivity index (χ2v) is 14.0. The van der Waals surface area contributed by atoms with Crippen LogP contribution in [0.5, 0.6) is 0 Å². The third kappa shape index (κ3) is 5.02. The molecule has 4 aliphatic rings. The number of para-hydroxylation sites is 2. The predicted octanol–water partition coefficient (Wildman–Crippen LogP) is 7.80. The van der Waals surface area contributed by atoms with E-state index < -0.39 is 0 Å². The normalized spacial score (nSPS) is 19.4. The third-order valence-corrected chi connectivity index (χ3v) is 10.9. The summed E-state index contributed by atoms with van der Waals surface area (Å²) in [5.41, 5.74) is 8.95. The van der Waals surface area contributed by atoms with Gasteiger partial charge in [-0.05, 0) is 83.6 Å². The molecule has 0 spiro atoms. The van der Waals surface area contributed by atoms with E-state index in [1.54, 1.807) is 12.1 Å². The Morgan fingerprint density at radius 1 is 0.547 bits per heavy atom. The monoisotopic (exact) mass is 695 g/mol. The summed E-state index contributed by atoms with van der Waals surface area (Å²) in [5.74, 6) is -1.04. The fraction of sp³-hybridized carbons (Fsp3) is 0.174. The lowest BCUT2D eigenvalue weighted by Gasteiger charge is -2.38. The van der Waals surface area contributed by atoms with Crippen LogP contribution >= 0.6 is 0 Å². The molecule has 4 aromatic carbocycles. The van der Waals surface area contributed by atoms with Gasteiger partial charge in [-0.15, -0.1) is 0 Å². The van der Waals surface area contributed by atoms with Gasteiger partial charge in [0.25, 0.3) is 0 Å². The van der Waals surface area contributed by atoms with E-state index in [2.05, 4.69) is 28.6 Å². The lowest BCUT2D eigenvalue weighted by molar-refractivity contribution is -0.298. The summed E-state index contributed by atoms with van der Waals surface area (Å²) in [7, 11) is 0. The van der Waals surface area contributed by atoms with Crippen LogP contribution in [0.2, 0.25) is 0 Å². The first-order chi connectivity index (χ1) is 25.9. The van der Waals surface area contributed by atoms with Crippen LogP contribution in [0.1, 0.15) is 61.8 Å². The number of allylic oxidation sites excluding steroid dienone is 6. The maximum atomic E-state index is 13.8. The van der Waals surface area contributed by atoms with Crippen LogP contribution in [0.3, 0.4) is 0 Å². The average Bonchev–Trinajstić information content (AvgIpc) is 3.54. The molecule has 0 radical (unpaired) electrons. The summed E-state index contributed by atoms with van der Waals surface area (Å²) in [6.07, 6.45) is 11.5. The highest BCUT2D eigenvalue weighted by atomic mass is 16.3. The highest BCUT2D eigenvalue weighted by molar-refractivity contribution is 6.40. The maximum absolute atomic E-state index is 13.8. The molecular formula is C46H37N3O4-2. The summed E-state index contributed by atoms with van der Waals surface area (Å²) in [6, 6.07) is 27.1. The second kappa shape index (κ2) is 12.7. The molecule has 5 aromatic rings. The minimum Gasteiger partial charge on any atom is -0.871 e. The van der Waals surface area contributed by atoms with Crippen LogP contribution in [0.15, 0.2) is 131 Å². The first kappa shape index (κ1) is 32.6. The van der Waals surface area contributed by atoms with Gasteiger partial charge in [0.2, 0.25) is 0 Å². The molecule has 0 saturated heterocycles. The number of nitrogens with one attached hydrogen (secondary N) is 1. The molecule has 262 valence electrons. The van der Waals surface area contributed by atoms with Gasteiger partial charge < -0.3 is 25.0 Å². The summed E-state index contributed by atoms with van der Waals surface area (Å²) in [4.78, 5) is 35.3. The maximum Gasteiger partial charge on any atom is 0.194 e. The van der Waals surface area contributed by atoms with Crippen molar-refractivity contribution in [3.05, 3.63) is 153 Å². The van der Waals surface area contributed by atoms with Crippen LogP contribution in [0.4, 0.5) is 11.4 Å². The molecule has 53 heavy (non-hydrogen) atoms. The van der Waals surface area contributed by atoms with Crippen molar-refractivity contribution in [2.75, 3.05) is 22.9 Å². The number of ketones is 2. The van der Waals surface area contributed by atoms with Crippen molar-refractivity contribution < 1.29 is 19.8 Å². The molecule has 9 rings (SSSR count). The number of hydrogen-bond acceptors (Lipinski definition) is 6. The first-order valence-electron chi connectivity index (χ1n) is 18.5. The zero-order valence-electron chi connectivity index (χ0n) is 29.7. The molecule has 2 aliphatic carbocycles. The molecule has 0 saturated carbocycles.